The van der Waals surface area contributed by atoms with Gasteiger partial charge < -0.3 is 14.2 Å². The maximum Gasteiger partial charge on any atom is 0.303 e. The van der Waals surface area contributed by atoms with Gasteiger partial charge in [0.15, 0.2) is 18.3 Å². The van der Waals surface area contributed by atoms with E-state index in [1.165, 1.54) is 32.5 Å². The molecule has 3 rings (SSSR count). The summed E-state index contributed by atoms with van der Waals surface area (Å²) < 4.78 is 17.5. The van der Waals surface area contributed by atoms with Gasteiger partial charge in [-0.15, -0.1) is 23.1 Å². The molecule has 8 heteroatoms. The Bertz CT molecular complexity index is 861. The van der Waals surface area contributed by atoms with E-state index in [-0.39, 0.29) is 5.25 Å². The Kier molecular flexibility index (Phi) is 6.06. The number of hydrogen-bond donors (Lipinski definition) is 0. The van der Waals surface area contributed by atoms with Crippen LogP contribution in [0.4, 0.5) is 0 Å². The van der Waals surface area contributed by atoms with E-state index in [0.29, 0.717) is 5.75 Å². The molecule has 0 saturated carbocycles. The molecule has 27 heavy (non-hydrogen) atoms. The van der Waals surface area contributed by atoms with E-state index in [1.807, 2.05) is 29.6 Å². The lowest BCUT2D eigenvalue weighted by molar-refractivity contribution is -0.182. The van der Waals surface area contributed by atoms with Crippen molar-refractivity contribution < 1.29 is 28.6 Å². The van der Waals surface area contributed by atoms with Crippen LogP contribution in [0.5, 0.6) is 0 Å². The van der Waals surface area contributed by atoms with Crippen LogP contribution in [0.2, 0.25) is 0 Å². The number of carbonyl (C=O) groups is 3. The molecule has 2 heterocycles. The van der Waals surface area contributed by atoms with Crippen LogP contribution in [-0.4, -0.2) is 42.0 Å². The molecule has 1 fully saturated rings. The molecule has 1 aliphatic rings. The maximum atomic E-state index is 11.8. The molecule has 1 aliphatic heterocycles. The van der Waals surface area contributed by atoms with Gasteiger partial charge in [-0.2, -0.15) is 0 Å². The molecule has 1 saturated heterocycles. The highest BCUT2D eigenvalue weighted by molar-refractivity contribution is 7.99. The second-order valence-electron chi connectivity index (χ2n) is 6.24. The van der Waals surface area contributed by atoms with E-state index in [0.717, 1.165) is 15.6 Å². The highest BCUT2D eigenvalue weighted by Gasteiger charge is 2.47. The molecular weight excluding hydrogens is 388 g/mol. The number of thiophene rings is 1. The van der Waals surface area contributed by atoms with E-state index in [9.17, 15) is 14.4 Å². The largest absolute Gasteiger partial charge is 0.458 e. The van der Waals surface area contributed by atoms with Gasteiger partial charge in [-0.1, -0.05) is 18.2 Å². The molecule has 1 aromatic carbocycles. The number of benzene rings is 1. The van der Waals surface area contributed by atoms with E-state index in [2.05, 4.69) is 0 Å². The first-order valence-electron chi connectivity index (χ1n) is 8.46. The van der Waals surface area contributed by atoms with Crippen molar-refractivity contribution >= 4 is 51.1 Å². The van der Waals surface area contributed by atoms with Crippen LogP contribution in [0.25, 0.3) is 10.1 Å². The van der Waals surface area contributed by atoms with Crippen LogP contribution in [0.3, 0.4) is 0 Å². The number of rotatable bonds is 4. The zero-order chi connectivity index (χ0) is 19.6. The van der Waals surface area contributed by atoms with Crippen molar-refractivity contribution in [1.29, 1.82) is 0 Å². The van der Waals surface area contributed by atoms with Crippen molar-refractivity contribution in [3.05, 3.63) is 35.2 Å². The molecule has 0 N–H and O–H groups in total. The summed E-state index contributed by atoms with van der Waals surface area (Å²) in [5.74, 6) is -1.04. The molecule has 0 aliphatic carbocycles. The lowest BCUT2D eigenvalue weighted by atomic mass is 9.98. The number of fused-ring (bicyclic) bond motifs is 1. The van der Waals surface area contributed by atoms with Gasteiger partial charge in [0.25, 0.3) is 0 Å². The Morgan fingerprint density at radius 3 is 2.22 bits per heavy atom. The van der Waals surface area contributed by atoms with Gasteiger partial charge in [0, 0.05) is 31.2 Å². The van der Waals surface area contributed by atoms with E-state index < -0.39 is 36.2 Å². The Labute approximate surface area is 165 Å². The Morgan fingerprint density at radius 2 is 1.56 bits per heavy atom. The zero-order valence-electron chi connectivity index (χ0n) is 15.2. The second kappa shape index (κ2) is 8.31. The lowest BCUT2D eigenvalue weighted by Gasteiger charge is -2.40. The Balaban J connectivity index is 2.01. The van der Waals surface area contributed by atoms with Gasteiger partial charge in [0.2, 0.25) is 0 Å². The number of esters is 3. The van der Waals surface area contributed by atoms with E-state index in [4.69, 9.17) is 14.2 Å². The third kappa shape index (κ3) is 4.44. The van der Waals surface area contributed by atoms with Crippen LogP contribution in [0.1, 0.15) is 31.6 Å². The van der Waals surface area contributed by atoms with Crippen LogP contribution in [0.15, 0.2) is 29.6 Å². The topological polar surface area (TPSA) is 78.9 Å². The SMILES string of the molecule is CC(=O)O[C@@H]1[C@@H](OC(C)=O)[C@H](OC(C)=O)CS[C@@H]1c1csc2ccccc12. The molecule has 2 aromatic rings. The fourth-order valence-electron chi connectivity index (χ4n) is 3.23. The first kappa shape index (κ1) is 19.7. The van der Waals surface area contributed by atoms with Crippen molar-refractivity contribution in [1.82, 2.24) is 0 Å². The summed E-state index contributed by atoms with van der Waals surface area (Å²) in [5, 5.41) is 2.88. The minimum atomic E-state index is -0.861. The molecular formula is C19H20O6S2. The third-order valence-corrected chi connectivity index (χ3v) is 6.55. The lowest BCUT2D eigenvalue weighted by Crippen LogP contribution is -2.51. The Hall–Kier alpha value is -2.06. The smallest absolute Gasteiger partial charge is 0.303 e. The quantitative estimate of drug-likeness (QED) is 0.566. The van der Waals surface area contributed by atoms with Crippen molar-refractivity contribution in [2.45, 2.75) is 44.3 Å². The average molecular weight is 408 g/mol. The number of hydrogen-bond acceptors (Lipinski definition) is 8. The molecule has 1 aromatic heterocycles. The number of ether oxygens (including phenoxy) is 3. The normalized spacial score (nSPS) is 25.0. The third-order valence-electron chi connectivity index (χ3n) is 4.17. The minimum absolute atomic E-state index is 0.235. The first-order chi connectivity index (χ1) is 12.9. The highest BCUT2D eigenvalue weighted by atomic mass is 32.2. The van der Waals surface area contributed by atoms with E-state index in [1.54, 1.807) is 11.3 Å². The van der Waals surface area contributed by atoms with Crippen molar-refractivity contribution in [3.63, 3.8) is 0 Å². The molecule has 0 amide bonds. The Morgan fingerprint density at radius 1 is 0.926 bits per heavy atom. The van der Waals surface area contributed by atoms with Gasteiger partial charge in [-0.05, 0) is 22.4 Å². The predicted molar refractivity (Wildman–Crippen MR) is 104 cm³/mol. The van der Waals surface area contributed by atoms with Crippen LogP contribution in [0, 0.1) is 0 Å². The van der Waals surface area contributed by atoms with Crippen molar-refractivity contribution in [3.8, 4) is 0 Å². The van der Waals surface area contributed by atoms with Gasteiger partial charge in [0.1, 0.15) is 0 Å². The summed E-state index contributed by atoms with van der Waals surface area (Å²) in [7, 11) is 0. The number of carbonyl (C=O) groups excluding carboxylic acids is 3. The maximum absolute atomic E-state index is 11.8. The standard InChI is InChI=1S/C19H20O6S2/c1-10(20)23-15-9-27-19(14-8-26-16-7-5-4-6-13(14)16)18(25-12(3)22)17(15)24-11(2)21/h4-8,15,17-19H,9H2,1-3H3/t15-,17+,18-,19-/m1/s1. The van der Waals surface area contributed by atoms with Gasteiger partial charge in [0.05, 0.1) is 5.25 Å². The summed E-state index contributed by atoms with van der Waals surface area (Å²) in [4.78, 5) is 34.9. The van der Waals surface area contributed by atoms with Gasteiger partial charge >= 0.3 is 17.9 Å². The molecule has 0 unspecified atom stereocenters. The average Bonchev–Trinajstić information content (AvgIpc) is 3.00. The highest BCUT2D eigenvalue weighted by Crippen LogP contribution is 2.46. The summed E-state index contributed by atoms with van der Waals surface area (Å²) in [6.45, 7) is 3.90. The first-order valence-corrected chi connectivity index (χ1v) is 10.4. The second-order valence-corrected chi connectivity index (χ2v) is 8.32. The van der Waals surface area contributed by atoms with Crippen molar-refractivity contribution in [2.24, 2.45) is 0 Å². The van der Waals surface area contributed by atoms with Crippen molar-refractivity contribution in [2.75, 3.05) is 5.75 Å². The molecule has 4 atom stereocenters. The predicted octanol–water partition coefficient (Wildman–Crippen LogP) is 3.48. The summed E-state index contributed by atoms with van der Waals surface area (Å²) >= 11 is 3.14. The monoisotopic (exact) mass is 408 g/mol. The van der Waals surface area contributed by atoms with E-state index >= 15 is 0 Å². The van der Waals surface area contributed by atoms with Crippen LogP contribution < -0.4 is 0 Å². The molecule has 0 spiro atoms. The molecule has 144 valence electrons. The summed E-state index contributed by atoms with van der Waals surface area (Å²) in [5.41, 5.74) is 1.02. The fourth-order valence-corrected chi connectivity index (χ4v) is 5.74. The van der Waals surface area contributed by atoms with Gasteiger partial charge in [-0.3, -0.25) is 14.4 Å². The summed E-state index contributed by atoms with van der Waals surface area (Å²) in [6.07, 6.45) is -2.30. The van der Waals surface area contributed by atoms with Crippen LogP contribution in [-0.2, 0) is 28.6 Å². The van der Waals surface area contributed by atoms with Crippen LogP contribution >= 0.6 is 23.1 Å². The van der Waals surface area contributed by atoms with Gasteiger partial charge in [-0.25, -0.2) is 0 Å². The molecule has 0 bridgehead atoms. The minimum Gasteiger partial charge on any atom is -0.458 e. The molecule has 6 nitrogen and oxygen atoms in total. The number of thioether (sulfide) groups is 1. The fraction of sp³-hybridized carbons (Fsp3) is 0.421. The molecule has 0 radical (unpaired) electrons. The summed E-state index contributed by atoms with van der Waals surface area (Å²) in [6, 6.07) is 7.98. The zero-order valence-corrected chi connectivity index (χ0v) is 16.8.